The molecule has 41 heavy (non-hydrogen) atoms. The number of aryl methyl sites for hydroxylation is 1. The van der Waals surface area contributed by atoms with E-state index in [1.807, 2.05) is 29.1 Å². The van der Waals surface area contributed by atoms with Crippen LogP contribution in [0.1, 0.15) is 51.5 Å². The average molecular weight is 543 g/mol. The summed E-state index contributed by atoms with van der Waals surface area (Å²) in [4.78, 5) is 5.04. The first-order valence-electron chi connectivity index (χ1n) is 14.7. The van der Waals surface area contributed by atoms with E-state index in [2.05, 4.69) is 91.2 Å². The van der Waals surface area contributed by atoms with Crippen molar-refractivity contribution in [2.24, 2.45) is 0 Å². The smallest absolute Gasteiger partial charge is 0.146 e. The fraction of sp³-hybridized carbons (Fsp3) is 0.278. The van der Waals surface area contributed by atoms with Crippen molar-refractivity contribution in [2.45, 2.75) is 64.6 Å². The molecule has 1 unspecified atom stereocenters. The van der Waals surface area contributed by atoms with Crippen molar-refractivity contribution in [1.29, 1.82) is 5.41 Å². The lowest BCUT2D eigenvalue weighted by atomic mass is 9.78. The lowest BCUT2D eigenvalue weighted by molar-refractivity contribution is 0.0223. The fourth-order valence-corrected chi connectivity index (χ4v) is 6.36. The quantitative estimate of drug-likeness (QED) is 0.197. The maximum Gasteiger partial charge on any atom is 0.146 e. The zero-order chi connectivity index (χ0) is 28.4. The lowest BCUT2D eigenvalue weighted by Gasteiger charge is -2.33. The summed E-state index contributed by atoms with van der Waals surface area (Å²) in [5.74, 6) is 0. The van der Waals surface area contributed by atoms with E-state index in [0.717, 1.165) is 65.5 Å². The molecule has 5 aromatic rings. The largest absolute Gasteiger partial charge is 0.390 e. The molecule has 0 amide bonds. The molecule has 0 spiro atoms. The van der Waals surface area contributed by atoms with Crippen molar-refractivity contribution in [3.05, 3.63) is 120 Å². The third-order valence-corrected chi connectivity index (χ3v) is 8.78. The highest BCUT2D eigenvalue weighted by Crippen LogP contribution is 2.40. The normalized spacial score (nSPS) is 17.3. The van der Waals surface area contributed by atoms with Gasteiger partial charge >= 0.3 is 0 Å². The average Bonchev–Trinajstić information content (AvgIpc) is 3.33. The second-order valence-corrected chi connectivity index (χ2v) is 11.4. The Balaban J connectivity index is 1.51. The van der Waals surface area contributed by atoms with E-state index < -0.39 is 5.60 Å². The minimum Gasteiger partial charge on any atom is -0.390 e. The highest BCUT2D eigenvalue weighted by Gasteiger charge is 2.30. The maximum absolute atomic E-state index is 10.8. The fourth-order valence-electron chi connectivity index (χ4n) is 6.36. The summed E-state index contributed by atoms with van der Waals surface area (Å²) in [7, 11) is 0. The second-order valence-electron chi connectivity index (χ2n) is 11.4. The van der Waals surface area contributed by atoms with Crippen LogP contribution in [0.2, 0.25) is 0 Å². The molecule has 2 heterocycles. The summed E-state index contributed by atoms with van der Waals surface area (Å²) in [5.41, 5.74) is 8.97. The van der Waals surface area contributed by atoms with E-state index in [1.165, 1.54) is 16.7 Å². The summed E-state index contributed by atoms with van der Waals surface area (Å²) in [6, 6.07) is 31.4. The van der Waals surface area contributed by atoms with Crippen LogP contribution in [0.5, 0.6) is 0 Å². The van der Waals surface area contributed by atoms with Gasteiger partial charge in [-0.25, -0.2) is 4.98 Å². The van der Waals surface area contributed by atoms with Gasteiger partial charge in [0.15, 0.2) is 0 Å². The van der Waals surface area contributed by atoms with E-state index >= 15 is 0 Å². The number of benzene rings is 3. The van der Waals surface area contributed by atoms with Crippen LogP contribution in [-0.2, 0) is 13.1 Å². The van der Waals surface area contributed by atoms with Crippen molar-refractivity contribution in [3.8, 4) is 22.4 Å². The molecule has 1 atom stereocenters. The van der Waals surface area contributed by atoms with E-state index in [9.17, 15) is 10.5 Å². The van der Waals surface area contributed by atoms with Crippen molar-refractivity contribution in [1.82, 2.24) is 14.1 Å². The van der Waals surface area contributed by atoms with Gasteiger partial charge in [-0.1, -0.05) is 109 Å². The van der Waals surface area contributed by atoms with Gasteiger partial charge in [0.25, 0.3) is 0 Å². The van der Waals surface area contributed by atoms with Gasteiger partial charge in [-0.2, -0.15) is 0 Å². The van der Waals surface area contributed by atoms with Crippen molar-refractivity contribution in [2.75, 3.05) is 0 Å². The number of nitrogens with one attached hydrogen (secondary N) is 1. The summed E-state index contributed by atoms with van der Waals surface area (Å²) in [6.07, 6.45) is 5.97. The second kappa shape index (κ2) is 11.3. The molecule has 3 aromatic carbocycles. The molecule has 1 aliphatic rings. The number of allylic oxidation sites excluding steroid dienone is 1. The number of nitrogens with zero attached hydrogens (tertiary/aromatic N) is 3. The number of hydrogen-bond acceptors (Lipinski definition) is 3. The van der Waals surface area contributed by atoms with E-state index in [-0.39, 0.29) is 0 Å². The number of fused-ring (bicyclic) bond motifs is 1. The molecule has 208 valence electrons. The Hall–Kier alpha value is -4.22. The molecule has 6 rings (SSSR count). The standard InChI is InChI=1S/C36H38N4O/c1-3-36(41)21-19-28(26(2)23-36)20-22-39-25-38-35-32(34(39)37)31(29-15-9-5-10-16-29)33(30-17-11-6-12-18-30)40(35)24-27-13-7-4-8-14-27/h4-18,25,37,41H,3,19-24H2,1-2H3. The van der Waals surface area contributed by atoms with Gasteiger partial charge in [0.05, 0.1) is 23.0 Å². The molecule has 5 nitrogen and oxygen atoms in total. The molecule has 0 fully saturated rings. The Labute approximate surface area is 242 Å². The van der Waals surface area contributed by atoms with Crippen LogP contribution in [0, 0.1) is 5.41 Å². The van der Waals surface area contributed by atoms with Gasteiger partial charge in [0.1, 0.15) is 11.1 Å². The van der Waals surface area contributed by atoms with Crippen LogP contribution in [0.3, 0.4) is 0 Å². The van der Waals surface area contributed by atoms with E-state index in [0.29, 0.717) is 18.6 Å². The molecular formula is C36H38N4O. The molecule has 0 radical (unpaired) electrons. The highest BCUT2D eigenvalue weighted by molar-refractivity contribution is 6.02. The third-order valence-electron chi connectivity index (χ3n) is 8.78. The molecule has 0 saturated carbocycles. The molecule has 0 bridgehead atoms. The van der Waals surface area contributed by atoms with Gasteiger partial charge < -0.3 is 14.2 Å². The lowest BCUT2D eigenvalue weighted by Crippen LogP contribution is -2.31. The minimum absolute atomic E-state index is 0.483. The van der Waals surface area contributed by atoms with Crippen molar-refractivity contribution in [3.63, 3.8) is 0 Å². The number of hydrogen-bond donors (Lipinski definition) is 2. The zero-order valence-corrected chi connectivity index (χ0v) is 24.0. The molecule has 5 heteroatoms. The van der Waals surface area contributed by atoms with Gasteiger partial charge in [-0.3, -0.25) is 5.41 Å². The molecule has 0 saturated heterocycles. The molecule has 2 N–H and O–H groups in total. The van der Waals surface area contributed by atoms with Crippen molar-refractivity contribution >= 4 is 11.0 Å². The Morgan fingerprint density at radius 1 is 0.902 bits per heavy atom. The maximum atomic E-state index is 10.8. The number of rotatable bonds is 8. The van der Waals surface area contributed by atoms with Crippen LogP contribution in [0.4, 0.5) is 0 Å². The molecular weight excluding hydrogens is 504 g/mol. The molecule has 2 aromatic heterocycles. The molecule has 1 aliphatic carbocycles. The summed E-state index contributed by atoms with van der Waals surface area (Å²) in [5, 5.41) is 21.2. The van der Waals surface area contributed by atoms with Gasteiger partial charge in [0, 0.05) is 18.7 Å². The summed E-state index contributed by atoms with van der Waals surface area (Å²) >= 11 is 0. The van der Waals surface area contributed by atoms with Crippen LogP contribution >= 0.6 is 0 Å². The van der Waals surface area contributed by atoms with Crippen LogP contribution in [0.15, 0.2) is 108 Å². The Kier molecular flexibility index (Phi) is 7.46. The van der Waals surface area contributed by atoms with Gasteiger partial charge in [-0.05, 0) is 55.7 Å². The highest BCUT2D eigenvalue weighted by atomic mass is 16.3. The van der Waals surface area contributed by atoms with Crippen LogP contribution in [-0.4, -0.2) is 24.8 Å². The predicted molar refractivity (Wildman–Crippen MR) is 166 cm³/mol. The Bertz CT molecular complexity index is 1750. The van der Waals surface area contributed by atoms with Crippen molar-refractivity contribution < 1.29 is 5.11 Å². The molecule has 0 aliphatic heterocycles. The SMILES string of the molecule is CCC1(O)CCC(CCn2cnc3c(c(-c4ccccc4)c(-c4ccccc4)n3Cc3ccccc3)c2=N)=C(C)C1. The Morgan fingerprint density at radius 3 is 2.17 bits per heavy atom. The van der Waals surface area contributed by atoms with Crippen LogP contribution < -0.4 is 5.49 Å². The number of aromatic nitrogens is 3. The first kappa shape index (κ1) is 27.0. The van der Waals surface area contributed by atoms with Gasteiger partial charge in [0.2, 0.25) is 0 Å². The first-order valence-corrected chi connectivity index (χ1v) is 14.7. The van der Waals surface area contributed by atoms with E-state index in [1.54, 1.807) is 0 Å². The Morgan fingerprint density at radius 2 is 1.54 bits per heavy atom. The minimum atomic E-state index is -0.568. The monoisotopic (exact) mass is 542 g/mol. The third kappa shape index (κ3) is 5.30. The summed E-state index contributed by atoms with van der Waals surface area (Å²) < 4.78 is 4.28. The first-order chi connectivity index (χ1) is 20.0. The predicted octanol–water partition coefficient (Wildman–Crippen LogP) is 7.73. The van der Waals surface area contributed by atoms with Crippen LogP contribution in [0.25, 0.3) is 33.4 Å². The number of aliphatic hydroxyl groups is 1. The summed E-state index contributed by atoms with van der Waals surface area (Å²) in [6.45, 7) is 5.58. The van der Waals surface area contributed by atoms with Gasteiger partial charge in [-0.15, -0.1) is 0 Å². The topological polar surface area (TPSA) is 66.8 Å². The zero-order valence-electron chi connectivity index (χ0n) is 24.0. The van der Waals surface area contributed by atoms with E-state index in [4.69, 9.17) is 4.98 Å².